The summed E-state index contributed by atoms with van der Waals surface area (Å²) in [6, 6.07) is 6.92. The zero-order valence-corrected chi connectivity index (χ0v) is 10.3. The summed E-state index contributed by atoms with van der Waals surface area (Å²) in [5.74, 6) is 0. The summed E-state index contributed by atoms with van der Waals surface area (Å²) in [5.41, 5.74) is 4.10. The van der Waals surface area contributed by atoms with Gasteiger partial charge in [-0.1, -0.05) is 17.7 Å². The molecule has 1 fully saturated rings. The highest BCUT2D eigenvalue weighted by atomic mass is 16.3. The maximum absolute atomic E-state index is 10.0. The van der Waals surface area contributed by atoms with Crippen LogP contribution < -0.4 is 10.2 Å². The van der Waals surface area contributed by atoms with Crippen molar-refractivity contribution in [1.29, 1.82) is 0 Å². The molecule has 92 valence electrons. The first-order valence-corrected chi connectivity index (χ1v) is 6.50. The number of hydrogen-bond donors (Lipinski definition) is 2. The summed E-state index contributed by atoms with van der Waals surface area (Å²) < 4.78 is 0. The molecule has 3 nitrogen and oxygen atoms in total. The molecule has 0 radical (unpaired) electrons. The van der Waals surface area contributed by atoms with Gasteiger partial charge in [0.25, 0.3) is 0 Å². The fourth-order valence-electron chi connectivity index (χ4n) is 3.07. The van der Waals surface area contributed by atoms with Crippen molar-refractivity contribution in [2.24, 2.45) is 0 Å². The van der Waals surface area contributed by atoms with E-state index in [9.17, 15) is 5.11 Å². The Morgan fingerprint density at radius 1 is 1.35 bits per heavy atom. The van der Waals surface area contributed by atoms with Crippen LogP contribution in [0.2, 0.25) is 0 Å². The van der Waals surface area contributed by atoms with Crippen molar-refractivity contribution in [3.63, 3.8) is 0 Å². The SMILES string of the molecule is Cc1ccc2c(c1)CCCN2C1CNCC1O. The molecule has 1 aromatic rings. The van der Waals surface area contributed by atoms with Crippen molar-refractivity contribution >= 4 is 5.69 Å². The molecule has 3 heteroatoms. The molecule has 0 saturated carbocycles. The molecule has 0 aliphatic carbocycles. The zero-order valence-electron chi connectivity index (χ0n) is 10.3. The number of aryl methyl sites for hydroxylation is 2. The van der Waals surface area contributed by atoms with E-state index in [1.807, 2.05) is 0 Å². The van der Waals surface area contributed by atoms with E-state index in [0.717, 1.165) is 19.6 Å². The van der Waals surface area contributed by atoms with Gasteiger partial charge in [-0.15, -0.1) is 0 Å². The van der Waals surface area contributed by atoms with Crippen LogP contribution in [0.1, 0.15) is 17.5 Å². The van der Waals surface area contributed by atoms with Crippen LogP contribution in [-0.4, -0.2) is 36.9 Å². The molecule has 0 spiro atoms. The van der Waals surface area contributed by atoms with Gasteiger partial charge in [0, 0.05) is 25.3 Å². The third-order valence-corrected chi connectivity index (χ3v) is 3.94. The first-order chi connectivity index (χ1) is 8.25. The number of benzene rings is 1. The Hall–Kier alpha value is -1.06. The summed E-state index contributed by atoms with van der Waals surface area (Å²) >= 11 is 0. The number of fused-ring (bicyclic) bond motifs is 1. The van der Waals surface area contributed by atoms with E-state index in [1.165, 1.54) is 29.7 Å². The van der Waals surface area contributed by atoms with Crippen LogP contribution in [0.25, 0.3) is 0 Å². The maximum atomic E-state index is 10.0. The Morgan fingerprint density at radius 3 is 3.00 bits per heavy atom. The van der Waals surface area contributed by atoms with E-state index in [0.29, 0.717) is 0 Å². The molecule has 0 amide bonds. The molecule has 2 N–H and O–H groups in total. The van der Waals surface area contributed by atoms with E-state index in [1.54, 1.807) is 0 Å². The molecule has 2 unspecified atom stereocenters. The van der Waals surface area contributed by atoms with E-state index < -0.39 is 0 Å². The van der Waals surface area contributed by atoms with Crippen molar-refractivity contribution in [2.45, 2.75) is 31.9 Å². The summed E-state index contributed by atoms with van der Waals surface area (Å²) in [6.45, 7) is 4.83. The van der Waals surface area contributed by atoms with Crippen molar-refractivity contribution < 1.29 is 5.11 Å². The minimum atomic E-state index is -0.234. The monoisotopic (exact) mass is 232 g/mol. The second-order valence-corrected chi connectivity index (χ2v) is 5.22. The fraction of sp³-hybridized carbons (Fsp3) is 0.571. The van der Waals surface area contributed by atoms with Crippen molar-refractivity contribution in [3.8, 4) is 0 Å². The van der Waals surface area contributed by atoms with Crippen LogP contribution in [0.4, 0.5) is 5.69 Å². The quantitative estimate of drug-likeness (QED) is 0.760. The minimum Gasteiger partial charge on any atom is -0.390 e. The molecule has 2 heterocycles. The topological polar surface area (TPSA) is 35.5 Å². The lowest BCUT2D eigenvalue weighted by molar-refractivity contribution is 0.174. The number of nitrogens with one attached hydrogen (secondary N) is 1. The van der Waals surface area contributed by atoms with Crippen molar-refractivity contribution in [1.82, 2.24) is 5.32 Å². The van der Waals surface area contributed by atoms with Gasteiger partial charge in [0.15, 0.2) is 0 Å². The number of aliphatic hydroxyl groups excluding tert-OH is 1. The number of hydrogen-bond acceptors (Lipinski definition) is 3. The summed E-state index contributed by atoms with van der Waals surface area (Å²) in [4.78, 5) is 2.39. The molecular formula is C14H20N2O. The van der Waals surface area contributed by atoms with E-state index in [4.69, 9.17) is 0 Å². The second-order valence-electron chi connectivity index (χ2n) is 5.22. The number of aliphatic hydroxyl groups is 1. The Bertz CT molecular complexity index is 419. The van der Waals surface area contributed by atoms with Gasteiger partial charge in [0.05, 0.1) is 12.1 Å². The van der Waals surface area contributed by atoms with Gasteiger partial charge in [-0.2, -0.15) is 0 Å². The minimum absolute atomic E-state index is 0.234. The average molecular weight is 232 g/mol. The molecule has 3 rings (SSSR count). The Balaban J connectivity index is 1.93. The van der Waals surface area contributed by atoms with Gasteiger partial charge in [-0.3, -0.25) is 0 Å². The lowest BCUT2D eigenvalue weighted by Gasteiger charge is -2.37. The standard InChI is InChI=1S/C14H20N2O/c1-10-4-5-12-11(7-10)3-2-6-16(12)13-8-15-9-14(13)17/h4-5,7,13-15,17H,2-3,6,8-9H2,1H3. The van der Waals surface area contributed by atoms with Crippen molar-refractivity contribution in [2.75, 3.05) is 24.5 Å². The third kappa shape index (κ3) is 1.94. The van der Waals surface area contributed by atoms with Crippen LogP contribution in [0.3, 0.4) is 0 Å². The fourth-order valence-corrected chi connectivity index (χ4v) is 3.07. The van der Waals surface area contributed by atoms with Gasteiger partial charge in [0.1, 0.15) is 0 Å². The predicted octanol–water partition coefficient (Wildman–Crippen LogP) is 1.08. The van der Waals surface area contributed by atoms with E-state index in [2.05, 4.69) is 35.3 Å². The molecule has 17 heavy (non-hydrogen) atoms. The molecule has 2 atom stereocenters. The van der Waals surface area contributed by atoms with Crippen molar-refractivity contribution in [3.05, 3.63) is 29.3 Å². The van der Waals surface area contributed by atoms with Gasteiger partial charge in [0.2, 0.25) is 0 Å². The number of rotatable bonds is 1. The van der Waals surface area contributed by atoms with Gasteiger partial charge in [-0.25, -0.2) is 0 Å². The smallest absolute Gasteiger partial charge is 0.0879 e. The van der Waals surface area contributed by atoms with Crippen LogP contribution in [0.15, 0.2) is 18.2 Å². The predicted molar refractivity (Wildman–Crippen MR) is 69.5 cm³/mol. The number of nitrogens with zero attached hydrogens (tertiary/aromatic N) is 1. The summed E-state index contributed by atoms with van der Waals surface area (Å²) in [7, 11) is 0. The van der Waals surface area contributed by atoms with Gasteiger partial charge < -0.3 is 15.3 Å². The number of anilines is 1. The van der Waals surface area contributed by atoms with E-state index >= 15 is 0 Å². The largest absolute Gasteiger partial charge is 0.390 e. The molecule has 2 aliphatic rings. The lowest BCUT2D eigenvalue weighted by Crippen LogP contribution is -2.45. The Kier molecular flexibility index (Phi) is 2.81. The molecule has 0 bridgehead atoms. The summed E-state index contributed by atoms with van der Waals surface area (Å²) in [5, 5.41) is 13.3. The average Bonchev–Trinajstić information content (AvgIpc) is 2.74. The highest BCUT2D eigenvalue weighted by Crippen LogP contribution is 2.30. The third-order valence-electron chi connectivity index (χ3n) is 3.94. The van der Waals surface area contributed by atoms with Crippen LogP contribution in [0, 0.1) is 6.92 Å². The van der Waals surface area contributed by atoms with Gasteiger partial charge >= 0.3 is 0 Å². The Labute approximate surface area is 102 Å². The lowest BCUT2D eigenvalue weighted by atomic mass is 9.97. The normalized spacial score (nSPS) is 28.2. The first kappa shape index (κ1) is 11.1. The summed E-state index contributed by atoms with van der Waals surface area (Å²) in [6.07, 6.45) is 2.13. The second kappa shape index (κ2) is 4.31. The highest BCUT2D eigenvalue weighted by molar-refractivity contribution is 5.58. The zero-order chi connectivity index (χ0) is 11.8. The highest BCUT2D eigenvalue weighted by Gasteiger charge is 2.32. The molecule has 1 saturated heterocycles. The molecule has 2 aliphatic heterocycles. The Morgan fingerprint density at radius 2 is 2.24 bits per heavy atom. The van der Waals surface area contributed by atoms with Crippen LogP contribution in [0.5, 0.6) is 0 Å². The first-order valence-electron chi connectivity index (χ1n) is 6.50. The van der Waals surface area contributed by atoms with E-state index in [-0.39, 0.29) is 12.1 Å². The molecular weight excluding hydrogens is 212 g/mol. The molecule has 0 aromatic heterocycles. The number of β-amino-alcohol motifs (C(OH)–C–C–N with tert-alkyl or cyclic N) is 1. The van der Waals surface area contributed by atoms with Crippen LogP contribution in [-0.2, 0) is 6.42 Å². The van der Waals surface area contributed by atoms with Crippen LogP contribution >= 0.6 is 0 Å². The molecule has 1 aromatic carbocycles. The van der Waals surface area contributed by atoms with Gasteiger partial charge in [-0.05, 0) is 31.4 Å². The maximum Gasteiger partial charge on any atom is 0.0879 e.